The first-order valence-corrected chi connectivity index (χ1v) is 11.1. The quantitative estimate of drug-likeness (QED) is 0.619. The lowest BCUT2D eigenvalue weighted by Crippen LogP contribution is -2.57. The van der Waals surface area contributed by atoms with E-state index in [1.165, 1.54) is 4.90 Å². The lowest BCUT2D eigenvalue weighted by Gasteiger charge is -2.34. The van der Waals surface area contributed by atoms with Crippen molar-refractivity contribution in [2.45, 2.75) is 51.7 Å². The van der Waals surface area contributed by atoms with E-state index in [-0.39, 0.29) is 31.4 Å². The summed E-state index contributed by atoms with van der Waals surface area (Å²) in [5, 5.41) is 2.98. The average molecular weight is 453 g/mol. The standard InChI is InChI=1S/C26H32N2O5/c1-6-33-23(30)21-16-26(21,24(31)27-25(2,3)4)28(22(29)19-10-8-7-9-11-19)17-18-12-14-20(32-5)15-13-18/h7-15,21H,6,16-17H2,1-5H3,(H,27,31)/t21-,26-/m0/s1. The summed E-state index contributed by atoms with van der Waals surface area (Å²) in [6.07, 6.45) is 0.211. The Bertz CT molecular complexity index is 998. The van der Waals surface area contributed by atoms with E-state index >= 15 is 0 Å². The fraction of sp³-hybridized carbons (Fsp3) is 0.423. The van der Waals surface area contributed by atoms with E-state index in [4.69, 9.17) is 9.47 Å². The third kappa shape index (κ3) is 5.35. The van der Waals surface area contributed by atoms with Gasteiger partial charge in [-0.25, -0.2) is 0 Å². The number of carbonyl (C=O) groups excluding carboxylic acids is 3. The van der Waals surface area contributed by atoms with E-state index < -0.39 is 23.0 Å². The molecule has 0 unspecified atom stereocenters. The molecule has 0 spiro atoms. The molecule has 1 saturated carbocycles. The van der Waals surface area contributed by atoms with Crippen molar-refractivity contribution in [2.75, 3.05) is 13.7 Å². The Kier molecular flexibility index (Phi) is 7.10. The molecule has 2 aromatic carbocycles. The number of methoxy groups -OCH3 is 1. The minimum absolute atomic E-state index is 0.158. The second-order valence-electron chi connectivity index (χ2n) is 9.24. The first-order chi connectivity index (χ1) is 15.6. The van der Waals surface area contributed by atoms with Crippen molar-refractivity contribution in [3.63, 3.8) is 0 Å². The van der Waals surface area contributed by atoms with Gasteiger partial charge in [0, 0.05) is 17.6 Å². The molecule has 0 bridgehead atoms. The molecule has 2 aromatic rings. The monoisotopic (exact) mass is 452 g/mol. The van der Waals surface area contributed by atoms with Crippen LogP contribution in [0.25, 0.3) is 0 Å². The number of hydrogen-bond donors (Lipinski definition) is 1. The molecular formula is C26H32N2O5. The number of amides is 2. The van der Waals surface area contributed by atoms with Gasteiger partial charge in [0.05, 0.1) is 19.6 Å². The van der Waals surface area contributed by atoms with Crippen LogP contribution in [0.15, 0.2) is 54.6 Å². The molecule has 1 aliphatic carbocycles. The predicted octanol–water partition coefficient (Wildman–Crippen LogP) is 3.57. The van der Waals surface area contributed by atoms with E-state index in [9.17, 15) is 14.4 Å². The van der Waals surface area contributed by atoms with Crippen LogP contribution in [0.2, 0.25) is 0 Å². The van der Waals surface area contributed by atoms with Crippen LogP contribution in [0.5, 0.6) is 5.75 Å². The lowest BCUT2D eigenvalue weighted by molar-refractivity contribution is -0.147. The molecule has 2 amide bonds. The van der Waals surface area contributed by atoms with Gasteiger partial charge in [0.1, 0.15) is 11.3 Å². The van der Waals surface area contributed by atoms with Crippen LogP contribution in [0.3, 0.4) is 0 Å². The molecule has 2 atom stereocenters. The van der Waals surface area contributed by atoms with E-state index in [0.717, 1.165) is 5.56 Å². The van der Waals surface area contributed by atoms with Crippen LogP contribution >= 0.6 is 0 Å². The van der Waals surface area contributed by atoms with Gasteiger partial charge >= 0.3 is 5.97 Å². The Morgan fingerprint density at radius 3 is 2.24 bits per heavy atom. The Balaban J connectivity index is 2.05. The van der Waals surface area contributed by atoms with E-state index in [1.807, 2.05) is 39.0 Å². The summed E-state index contributed by atoms with van der Waals surface area (Å²) < 4.78 is 10.5. The van der Waals surface area contributed by atoms with Gasteiger partial charge in [0.15, 0.2) is 0 Å². The molecule has 7 heteroatoms. The van der Waals surface area contributed by atoms with Gasteiger partial charge in [-0.05, 0) is 63.9 Å². The molecule has 0 radical (unpaired) electrons. The van der Waals surface area contributed by atoms with Crippen molar-refractivity contribution in [2.24, 2.45) is 5.92 Å². The molecule has 0 aromatic heterocycles. The van der Waals surface area contributed by atoms with Crippen LogP contribution in [-0.4, -0.2) is 47.5 Å². The molecule has 0 saturated heterocycles. The Labute approximate surface area is 195 Å². The van der Waals surface area contributed by atoms with E-state index in [1.54, 1.807) is 50.4 Å². The topological polar surface area (TPSA) is 84.9 Å². The van der Waals surface area contributed by atoms with Gasteiger partial charge in [0.25, 0.3) is 5.91 Å². The second-order valence-corrected chi connectivity index (χ2v) is 9.24. The van der Waals surface area contributed by atoms with E-state index in [2.05, 4.69) is 5.32 Å². The highest BCUT2D eigenvalue weighted by Gasteiger charge is 2.69. The van der Waals surface area contributed by atoms with Gasteiger partial charge in [-0.2, -0.15) is 0 Å². The number of nitrogens with zero attached hydrogens (tertiary/aromatic N) is 1. The molecule has 1 aliphatic rings. The normalized spacial score (nSPS) is 19.4. The molecule has 33 heavy (non-hydrogen) atoms. The lowest BCUT2D eigenvalue weighted by atomic mass is 10.0. The third-order valence-electron chi connectivity index (χ3n) is 5.63. The van der Waals surface area contributed by atoms with Crippen LogP contribution in [0.1, 0.15) is 50.0 Å². The zero-order valence-electron chi connectivity index (χ0n) is 19.9. The summed E-state index contributed by atoms with van der Waals surface area (Å²) >= 11 is 0. The SMILES string of the molecule is CCOC(=O)[C@@H]1C[C@]1(C(=O)NC(C)(C)C)N(Cc1ccc(OC)cc1)C(=O)c1ccccc1. The van der Waals surface area contributed by atoms with Gasteiger partial charge < -0.3 is 19.7 Å². The maximum Gasteiger partial charge on any atom is 0.311 e. The first-order valence-electron chi connectivity index (χ1n) is 11.1. The minimum atomic E-state index is -1.33. The van der Waals surface area contributed by atoms with Gasteiger partial charge in [-0.3, -0.25) is 14.4 Å². The maximum atomic E-state index is 13.7. The fourth-order valence-corrected chi connectivity index (χ4v) is 3.94. The molecule has 3 rings (SSSR count). The molecule has 7 nitrogen and oxygen atoms in total. The van der Waals surface area contributed by atoms with Crippen molar-refractivity contribution < 1.29 is 23.9 Å². The summed E-state index contributed by atoms with van der Waals surface area (Å²) in [6, 6.07) is 16.1. The molecule has 1 fully saturated rings. The maximum absolute atomic E-state index is 13.7. The highest BCUT2D eigenvalue weighted by atomic mass is 16.5. The number of nitrogens with one attached hydrogen (secondary N) is 1. The molecule has 176 valence electrons. The minimum Gasteiger partial charge on any atom is -0.497 e. The van der Waals surface area contributed by atoms with Crippen molar-refractivity contribution >= 4 is 17.8 Å². The summed E-state index contributed by atoms with van der Waals surface area (Å²) in [5.74, 6) is -1.18. The zero-order chi connectivity index (χ0) is 24.2. The number of ether oxygens (including phenoxy) is 2. The number of hydrogen-bond acceptors (Lipinski definition) is 5. The number of esters is 1. The second kappa shape index (κ2) is 9.65. The Morgan fingerprint density at radius 1 is 1.06 bits per heavy atom. The van der Waals surface area contributed by atoms with Crippen molar-refractivity contribution in [3.05, 3.63) is 65.7 Å². The highest BCUT2D eigenvalue weighted by molar-refractivity contribution is 6.04. The third-order valence-corrected chi connectivity index (χ3v) is 5.63. The molecule has 0 aliphatic heterocycles. The van der Waals surface area contributed by atoms with Crippen LogP contribution < -0.4 is 10.1 Å². The summed E-state index contributed by atoms with van der Waals surface area (Å²) in [5.41, 5.74) is -0.596. The largest absolute Gasteiger partial charge is 0.497 e. The van der Waals surface area contributed by atoms with E-state index in [0.29, 0.717) is 11.3 Å². The number of benzene rings is 2. The van der Waals surface area contributed by atoms with Gasteiger partial charge in [-0.1, -0.05) is 30.3 Å². The van der Waals surface area contributed by atoms with Crippen LogP contribution in [0, 0.1) is 5.92 Å². The summed E-state index contributed by atoms with van der Waals surface area (Å²) in [4.78, 5) is 41.6. The van der Waals surface area contributed by atoms with Crippen LogP contribution in [-0.2, 0) is 20.9 Å². The number of rotatable bonds is 8. The number of carbonyl (C=O) groups is 3. The molecule has 0 heterocycles. The average Bonchev–Trinajstić information content (AvgIpc) is 3.54. The summed E-state index contributed by atoms with van der Waals surface area (Å²) in [6.45, 7) is 7.69. The zero-order valence-corrected chi connectivity index (χ0v) is 19.9. The Hall–Kier alpha value is -3.35. The molecule has 1 N–H and O–H groups in total. The predicted molar refractivity (Wildman–Crippen MR) is 125 cm³/mol. The fourth-order valence-electron chi connectivity index (χ4n) is 3.94. The van der Waals surface area contributed by atoms with Crippen molar-refractivity contribution in [3.8, 4) is 5.75 Å². The smallest absolute Gasteiger partial charge is 0.311 e. The van der Waals surface area contributed by atoms with Crippen molar-refractivity contribution in [1.82, 2.24) is 10.2 Å². The highest BCUT2D eigenvalue weighted by Crippen LogP contribution is 2.51. The first kappa shape index (κ1) is 24.3. The summed E-state index contributed by atoms with van der Waals surface area (Å²) in [7, 11) is 1.58. The van der Waals surface area contributed by atoms with Crippen molar-refractivity contribution in [1.29, 1.82) is 0 Å². The van der Waals surface area contributed by atoms with Crippen LogP contribution in [0.4, 0.5) is 0 Å². The van der Waals surface area contributed by atoms with Gasteiger partial charge in [0.2, 0.25) is 5.91 Å². The van der Waals surface area contributed by atoms with Gasteiger partial charge in [-0.15, -0.1) is 0 Å². The Morgan fingerprint density at radius 2 is 1.70 bits per heavy atom. The molecular weight excluding hydrogens is 420 g/mol.